The molecule has 0 heterocycles. The fourth-order valence-corrected chi connectivity index (χ4v) is 4.00. The van der Waals surface area contributed by atoms with Gasteiger partial charge in [0.15, 0.2) is 0 Å². The van der Waals surface area contributed by atoms with Gasteiger partial charge in [0.1, 0.15) is 5.75 Å². The second-order valence-corrected chi connectivity index (χ2v) is 7.12. The molecule has 2 aromatic rings. The molecule has 3 rings (SSSR count). The molecule has 0 N–H and O–H groups in total. The third kappa shape index (κ3) is 2.92. The van der Waals surface area contributed by atoms with Gasteiger partial charge in [0.25, 0.3) is 0 Å². The number of nitrogens with zero attached hydrogens (tertiary/aromatic N) is 1. The summed E-state index contributed by atoms with van der Waals surface area (Å²) in [5.74, 6) is 1.49. The quantitative estimate of drug-likeness (QED) is 0.807. The maximum atomic E-state index is 5.56. The normalized spacial score (nSPS) is 20.2. The monoisotopic (exact) mass is 359 g/mol. The minimum absolute atomic E-state index is 0.509. The van der Waals surface area contributed by atoms with Crippen LogP contribution >= 0.6 is 15.9 Å². The predicted molar refractivity (Wildman–Crippen MR) is 94.8 cm³/mol. The van der Waals surface area contributed by atoms with Crippen molar-refractivity contribution in [3.05, 3.63) is 63.6 Å². The van der Waals surface area contributed by atoms with E-state index in [2.05, 4.69) is 65.3 Å². The molecule has 2 unspecified atom stereocenters. The molecule has 0 saturated carbocycles. The number of hydrogen-bond donors (Lipinski definition) is 0. The zero-order chi connectivity index (χ0) is 15.7. The summed E-state index contributed by atoms with van der Waals surface area (Å²) in [6, 6.07) is 15.7. The maximum absolute atomic E-state index is 5.56. The van der Waals surface area contributed by atoms with E-state index in [0.29, 0.717) is 12.0 Å². The minimum Gasteiger partial charge on any atom is -0.496 e. The van der Waals surface area contributed by atoms with E-state index in [0.717, 1.165) is 23.1 Å². The summed E-state index contributed by atoms with van der Waals surface area (Å²) in [4.78, 5) is 2.36. The number of fused-ring (bicyclic) bond motifs is 1. The van der Waals surface area contributed by atoms with Crippen molar-refractivity contribution in [1.82, 2.24) is 4.90 Å². The number of benzene rings is 2. The van der Waals surface area contributed by atoms with E-state index in [9.17, 15) is 0 Å². The van der Waals surface area contributed by atoms with Crippen molar-refractivity contribution in [2.75, 3.05) is 21.2 Å². The minimum atomic E-state index is 0.509. The first-order valence-electron chi connectivity index (χ1n) is 7.66. The number of ether oxygens (including phenoxy) is 1. The molecule has 0 radical (unpaired) electrons. The Morgan fingerprint density at radius 3 is 2.68 bits per heavy atom. The Kier molecular flexibility index (Phi) is 4.55. The Hall–Kier alpha value is -1.32. The van der Waals surface area contributed by atoms with Gasteiger partial charge in [-0.25, -0.2) is 0 Å². The van der Waals surface area contributed by atoms with Crippen LogP contribution in [0.15, 0.2) is 46.9 Å². The molecular weight excluding hydrogens is 338 g/mol. The van der Waals surface area contributed by atoms with Crippen LogP contribution in [0, 0.1) is 0 Å². The number of methoxy groups -OCH3 is 1. The Labute approximate surface area is 141 Å². The van der Waals surface area contributed by atoms with Crippen LogP contribution in [0.2, 0.25) is 0 Å². The van der Waals surface area contributed by atoms with E-state index in [1.54, 1.807) is 7.11 Å². The highest BCUT2D eigenvalue weighted by Crippen LogP contribution is 2.39. The van der Waals surface area contributed by atoms with Crippen molar-refractivity contribution in [2.24, 2.45) is 0 Å². The van der Waals surface area contributed by atoms with Crippen LogP contribution in [0.25, 0.3) is 0 Å². The average molecular weight is 360 g/mol. The Morgan fingerprint density at radius 2 is 1.95 bits per heavy atom. The zero-order valence-electron chi connectivity index (χ0n) is 13.3. The zero-order valence-corrected chi connectivity index (χ0v) is 14.9. The third-order valence-corrected chi connectivity index (χ3v) is 5.19. The highest BCUT2D eigenvalue weighted by Gasteiger charge is 2.34. The third-order valence-electron chi connectivity index (χ3n) is 4.69. The summed E-state index contributed by atoms with van der Waals surface area (Å²) in [7, 11) is 6.11. The first-order valence-corrected chi connectivity index (χ1v) is 8.46. The Bertz CT molecular complexity index is 668. The number of halogens is 1. The SMILES string of the molecule is COc1ccc(Br)cc1CC1c2ccccc2CC1N(C)C. The van der Waals surface area contributed by atoms with Crippen molar-refractivity contribution >= 4 is 15.9 Å². The van der Waals surface area contributed by atoms with Gasteiger partial charge < -0.3 is 9.64 Å². The first-order chi connectivity index (χ1) is 10.6. The van der Waals surface area contributed by atoms with Gasteiger partial charge in [0.05, 0.1) is 7.11 Å². The second-order valence-electron chi connectivity index (χ2n) is 6.20. The van der Waals surface area contributed by atoms with E-state index in [1.807, 2.05) is 12.1 Å². The molecule has 0 aliphatic heterocycles. The van der Waals surface area contributed by atoms with Crippen molar-refractivity contribution in [3.63, 3.8) is 0 Å². The highest BCUT2D eigenvalue weighted by molar-refractivity contribution is 9.10. The van der Waals surface area contributed by atoms with E-state index >= 15 is 0 Å². The molecule has 2 nitrogen and oxygen atoms in total. The van der Waals surface area contributed by atoms with Gasteiger partial charge >= 0.3 is 0 Å². The number of hydrogen-bond acceptors (Lipinski definition) is 2. The van der Waals surface area contributed by atoms with Crippen molar-refractivity contribution in [2.45, 2.75) is 24.8 Å². The Balaban J connectivity index is 1.97. The van der Waals surface area contributed by atoms with E-state index in [-0.39, 0.29) is 0 Å². The molecular formula is C19H22BrNO. The molecule has 0 amide bonds. The fourth-order valence-electron chi connectivity index (χ4n) is 3.59. The van der Waals surface area contributed by atoms with Crippen molar-refractivity contribution < 1.29 is 4.74 Å². The average Bonchev–Trinajstić information content (AvgIpc) is 2.87. The largest absolute Gasteiger partial charge is 0.496 e. The molecule has 0 bridgehead atoms. The molecule has 2 aromatic carbocycles. The van der Waals surface area contributed by atoms with Crippen LogP contribution in [0.1, 0.15) is 22.6 Å². The topological polar surface area (TPSA) is 12.5 Å². The van der Waals surface area contributed by atoms with Gasteiger partial charge in [-0.1, -0.05) is 40.2 Å². The standard InChI is InChI=1S/C19H22BrNO/c1-21(2)18-12-13-6-4-5-7-16(13)17(18)11-14-10-15(20)8-9-19(14)22-3/h4-10,17-18H,11-12H2,1-3H3. The number of rotatable bonds is 4. The van der Waals surface area contributed by atoms with Crippen molar-refractivity contribution in [3.8, 4) is 5.75 Å². The van der Waals surface area contributed by atoms with Crippen LogP contribution in [0.5, 0.6) is 5.75 Å². The molecule has 1 aliphatic rings. The van der Waals surface area contributed by atoms with Gasteiger partial charge in [-0.05, 0) is 61.8 Å². The van der Waals surface area contributed by atoms with Gasteiger partial charge in [-0.15, -0.1) is 0 Å². The molecule has 0 fully saturated rings. The molecule has 22 heavy (non-hydrogen) atoms. The smallest absolute Gasteiger partial charge is 0.122 e. The molecule has 1 aliphatic carbocycles. The van der Waals surface area contributed by atoms with Crippen LogP contribution in [0.4, 0.5) is 0 Å². The molecule has 0 saturated heterocycles. The molecule has 3 heteroatoms. The molecule has 0 aromatic heterocycles. The summed E-state index contributed by atoms with van der Waals surface area (Å²) in [5, 5.41) is 0. The summed E-state index contributed by atoms with van der Waals surface area (Å²) < 4.78 is 6.67. The van der Waals surface area contributed by atoms with Gasteiger partial charge in [-0.2, -0.15) is 0 Å². The summed E-state index contributed by atoms with van der Waals surface area (Å²) in [5.41, 5.74) is 4.24. The van der Waals surface area contributed by atoms with Crippen LogP contribution in [-0.4, -0.2) is 32.1 Å². The summed E-state index contributed by atoms with van der Waals surface area (Å²) >= 11 is 3.58. The second kappa shape index (κ2) is 6.43. The molecule has 116 valence electrons. The van der Waals surface area contributed by atoms with E-state index in [1.165, 1.54) is 16.7 Å². The summed E-state index contributed by atoms with van der Waals surface area (Å²) in [6.07, 6.45) is 2.13. The molecule has 0 spiro atoms. The van der Waals surface area contributed by atoms with E-state index < -0.39 is 0 Å². The Morgan fingerprint density at radius 1 is 1.18 bits per heavy atom. The highest BCUT2D eigenvalue weighted by atomic mass is 79.9. The lowest BCUT2D eigenvalue weighted by molar-refractivity contribution is 0.264. The van der Waals surface area contributed by atoms with Gasteiger partial charge in [0.2, 0.25) is 0 Å². The maximum Gasteiger partial charge on any atom is 0.122 e. The lowest BCUT2D eigenvalue weighted by atomic mass is 9.90. The van der Waals surface area contributed by atoms with E-state index in [4.69, 9.17) is 4.74 Å². The lowest BCUT2D eigenvalue weighted by Crippen LogP contribution is -2.32. The van der Waals surface area contributed by atoms with Crippen molar-refractivity contribution in [1.29, 1.82) is 0 Å². The molecule has 2 atom stereocenters. The van der Waals surface area contributed by atoms with Crippen LogP contribution in [0.3, 0.4) is 0 Å². The first kappa shape index (κ1) is 15.6. The lowest BCUT2D eigenvalue weighted by Gasteiger charge is -2.27. The van der Waals surface area contributed by atoms with Crippen LogP contribution < -0.4 is 4.74 Å². The predicted octanol–water partition coefficient (Wildman–Crippen LogP) is 4.27. The number of likely N-dealkylation sites (N-methyl/N-ethyl adjacent to an activating group) is 1. The van der Waals surface area contributed by atoms with Gasteiger partial charge in [0, 0.05) is 16.4 Å². The summed E-state index contributed by atoms with van der Waals surface area (Å²) in [6.45, 7) is 0. The van der Waals surface area contributed by atoms with Gasteiger partial charge in [-0.3, -0.25) is 0 Å². The fraction of sp³-hybridized carbons (Fsp3) is 0.368. The van der Waals surface area contributed by atoms with Crippen LogP contribution in [-0.2, 0) is 12.8 Å².